The first-order chi connectivity index (χ1) is 5.61. The molecule has 9 heteroatoms. The molecule has 1 unspecified atom stereocenters. The highest BCUT2D eigenvalue weighted by molar-refractivity contribution is 7.32. The number of aromatic nitrogens is 3. The summed E-state index contributed by atoms with van der Waals surface area (Å²) >= 11 is 10.9. The molecule has 0 bridgehead atoms. The molecule has 0 aliphatic carbocycles. The molecule has 0 aliphatic heterocycles. The zero-order chi connectivity index (χ0) is 9.14. The molecule has 1 aromatic heterocycles. The maximum absolute atomic E-state index is 10.2. The fourth-order valence-corrected chi connectivity index (χ4v) is 0.969. The molecule has 1 atom stereocenters. The molecule has 0 aromatic carbocycles. The largest absolute Gasteiger partial charge is 0.749 e. The summed E-state index contributed by atoms with van der Waals surface area (Å²) in [5.41, 5.74) is 0. The van der Waals surface area contributed by atoms with E-state index < -0.39 is 8.25 Å². The van der Waals surface area contributed by atoms with Gasteiger partial charge in [-0.3, -0.25) is 0 Å². The summed E-state index contributed by atoms with van der Waals surface area (Å²) in [5.74, 6) is -0.319. The van der Waals surface area contributed by atoms with Crippen LogP contribution in [-0.2, 0) is 4.57 Å². The smallest absolute Gasteiger partial charge is 0.205 e. The van der Waals surface area contributed by atoms with Crippen molar-refractivity contribution in [2.24, 2.45) is 0 Å². The Labute approximate surface area is 77.4 Å². The summed E-state index contributed by atoms with van der Waals surface area (Å²) in [6.07, 6.45) is 0. The molecule has 0 aliphatic rings. The standard InChI is InChI=1S/C3Cl2N3O3P/c4-1-2(5)6-8-7-3(1)11-12(9)10/p+1. The number of nitrogens with zero attached hydrogens (tertiary/aromatic N) is 3. The summed E-state index contributed by atoms with van der Waals surface area (Å²) in [4.78, 5) is 8.32. The summed E-state index contributed by atoms with van der Waals surface area (Å²) < 4.78 is 14.4. The van der Waals surface area contributed by atoms with Gasteiger partial charge in [0, 0.05) is 4.57 Å². The van der Waals surface area contributed by atoms with E-state index in [1.165, 1.54) is 0 Å². The van der Waals surface area contributed by atoms with Crippen LogP contribution in [-0.4, -0.2) is 20.3 Å². The highest BCUT2D eigenvalue weighted by atomic mass is 35.5. The van der Waals surface area contributed by atoms with Crippen molar-refractivity contribution in [3.8, 4) is 5.88 Å². The van der Waals surface area contributed by atoms with Gasteiger partial charge in [0.2, 0.25) is 0 Å². The minimum absolute atomic E-state index is 0.140. The fraction of sp³-hybridized carbons (Fsp3) is 0. The van der Waals surface area contributed by atoms with E-state index in [2.05, 4.69) is 19.9 Å². The van der Waals surface area contributed by atoms with Gasteiger partial charge in [-0.15, -0.1) is 9.99 Å². The Balaban J connectivity index is 3.00. The molecule has 0 saturated carbocycles. The van der Waals surface area contributed by atoms with Crippen LogP contribution >= 0.6 is 31.5 Å². The Bertz CT molecular complexity index is 322. The first-order valence-electron chi connectivity index (χ1n) is 2.49. The van der Waals surface area contributed by atoms with E-state index in [0.717, 1.165) is 0 Å². The molecular weight excluding hydrogens is 228 g/mol. The lowest BCUT2D eigenvalue weighted by Gasteiger charge is -1.92. The first-order valence-corrected chi connectivity index (χ1v) is 4.38. The summed E-state index contributed by atoms with van der Waals surface area (Å²) in [6, 6.07) is 0. The molecule has 1 heterocycles. The van der Waals surface area contributed by atoms with Gasteiger partial charge in [0.15, 0.2) is 5.15 Å². The fourth-order valence-electron chi connectivity index (χ4n) is 0.411. The summed E-state index contributed by atoms with van der Waals surface area (Å²) in [6.45, 7) is 0. The Morgan fingerprint density at radius 2 is 2.08 bits per heavy atom. The average molecular weight is 229 g/mol. The van der Waals surface area contributed by atoms with Crippen LogP contribution in [0.3, 0.4) is 0 Å². The second kappa shape index (κ2) is 3.91. The SMILES string of the molecule is O=[P+](O)Oc1nnnc(Cl)c1Cl. The molecular formula is C3HCl2N3O3P+. The van der Waals surface area contributed by atoms with Gasteiger partial charge in [-0.1, -0.05) is 28.3 Å². The van der Waals surface area contributed by atoms with Crippen molar-refractivity contribution in [1.29, 1.82) is 0 Å². The van der Waals surface area contributed by atoms with Crippen molar-refractivity contribution in [1.82, 2.24) is 15.4 Å². The number of rotatable bonds is 2. The number of hydrogen-bond acceptors (Lipinski definition) is 5. The topological polar surface area (TPSA) is 85.2 Å². The van der Waals surface area contributed by atoms with Crippen LogP contribution in [0.2, 0.25) is 10.2 Å². The van der Waals surface area contributed by atoms with Crippen molar-refractivity contribution in [2.45, 2.75) is 0 Å². The monoisotopic (exact) mass is 228 g/mol. The quantitative estimate of drug-likeness (QED) is 0.767. The van der Waals surface area contributed by atoms with Gasteiger partial charge >= 0.3 is 14.1 Å². The normalized spacial score (nSPS) is 11.1. The molecule has 6 nitrogen and oxygen atoms in total. The van der Waals surface area contributed by atoms with Gasteiger partial charge < -0.3 is 0 Å². The van der Waals surface area contributed by atoms with Gasteiger partial charge in [0.1, 0.15) is 5.02 Å². The summed E-state index contributed by atoms with van der Waals surface area (Å²) in [5, 5.41) is 9.33. The van der Waals surface area contributed by atoms with Crippen LogP contribution in [0.4, 0.5) is 0 Å². The molecule has 12 heavy (non-hydrogen) atoms. The van der Waals surface area contributed by atoms with Gasteiger partial charge in [-0.25, -0.2) is 4.52 Å². The van der Waals surface area contributed by atoms with Crippen LogP contribution in [0.5, 0.6) is 5.88 Å². The van der Waals surface area contributed by atoms with Crippen LogP contribution < -0.4 is 4.52 Å². The van der Waals surface area contributed by atoms with Crippen molar-refractivity contribution in [2.75, 3.05) is 0 Å². The minimum atomic E-state index is -2.83. The maximum atomic E-state index is 10.2. The molecule has 64 valence electrons. The third-order valence-corrected chi connectivity index (χ3v) is 1.83. The van der Waals surface area contributed by atoms with E-state index in [4.69, 9.17) is 28.1 Å². The first kappa shape index (κ1) is 9.54. The van der Waals surface area contributed by atoms with Crippen molar-refractivity contribution in [3.05, 3.63) is 10.2 Å². The van der Waals surface area contributed by atoms with E-state index in [0.29, 0.717) is 0 Å². The second-order valence-electron chi connectivity index (χ2n) is 1.53. The van der Waals surface area contributed by atoms with E-state index in [1.54, 1.807) is 0 Å². The predicted molar refractivity (Wildman–Crippen MR) is 40.3 cm³/mol. The summed E-state index contributed by atoms with van der Waals surface area (Å²) in [7, 11) is -2.83. The van der Waals surface area contributed by atoms with Crippen LogP contribution in [0.25, 0.3) is 0 Å². The van der Waals surface area contributed by atoms with Crippen molar-refractivity contribution in [3.63, 3.8) is 0 Å². The number of hydrogen-bond donors (Lipinski definition) is 1. The zero-order valence-electron chi connectivity index (χ0n) is 5.31. The van der Waals surface area contributed by atoms with E-state index in [9.17, 15) is 4.57 Å². The zero-order valence-corrected chi connectivity index (χ0v) is 7.71. The number of halogens is 2. The molecule has 0 radical (unpaired) electrons. The van der Waals surface area contributed by atoms with Crippen molar-refractivity contribution >= 4 is 31.5 Å². The highest BCUT2D eigenvalue weighted by Gasteiger charge is 2.21. The van der Waals surface area contributed by atoms with E-state index >= 15 is 0 Å². The van der Waals surface area contributed by atoms with Gasteiger partial charge in [0.25, 0.3) is 0 Å². The van der Waals surface area contributed by atoms with Crippen LogP contribution in [0.15, 0.2) is 0 Å². The molecule has 0 spiro atoms. The third kappa shape index (κ3) is 2.22. The lowest BCUT2D eigenvalue weighted by molar-refractivity contribution is 0.400. The van der Waals surface area contributed by atoms with Crippen LogP contribution in [0.1, 0.15) is 0 Å². The lowest BCUT2D eigenvalue weighted by Crippen LogP contribution is -1.93. The van der Waals surface area contributed by atoms with Crippen molar-refractivity contribution < 1.29 is 14.0 Å². The van der Waals surface area contributed by atoms with Gasteiger partial charge in [0.05, 0.1) is 0 Å². The Kier molecular flexibility index (Phi) is 3.11. The molecule has 0 amide bonds. The Hall–Kier alpha value is -0.550. The second-order valence-corrected chi connectivity index (χ2v) is 2.92. The van der Waals surface area contributed by atoms with Crippen LogP contribution in [0, 0.1) is 0 Å². The molecule has 0 saturated heterocycles. The molecule has 1 aromatic rings. The minimum Gasteiger partial charge on any atom is -0.205 e. The molecule has 0 fully saturated rings. The van der Waals surface area contributed by atoms with E-state index in [1.807, 2.05) is 0 Å². The Morgan fingerprint density at radius 3 is 2.67 bits per heavy atom. The lowest BCUT2D eigenvalue weighted by atomic mass is 10.7. The maximum Gasteiger partial charge on any atom is 0.749 e. The Morgan fingerprint density at radius 1 is 1.42 bits per heavy atom. The van der Waals surface area contributed by atoms with E-state index in [-0.39, 0.29) is 16.1 Å². The molecule has 1 N–H and O–H groups in total. The molecule has 1 rings (SSSR count). The highest BCUT2D eigenvalue weighted by Crippen LogP contribution is 2.31. The van der Waals surface area contributed by atoms with Gasteiger partial charge in [-0.05, 0) is 5.21 Å². The third-order valence-electron chi connectivity index (χ3n) is 0.802. The van der Waals surface area contributed by atoms with Gasteiger partial charge in [-0.2, -0.15) is 0 Å². The average Bonchev–Trinajstić information content (AvgIpc) is 1.98. The predicted octanol–water partition coefficient (Wildman–Crippen LogP) is 1.21.